The lowest BCUT2D eigenvalue weighted by molar-refractivity contribution is 0.149. The van der Waals surface area contributed by atoms with Crippen molar-refractivity contribution in [3.63, 3.8) is 0 Å². The van der Waals surface area contributed by atoms with Gasteiger partial charge in [-0.25, -0.2) is 9.37 Å². The van der Waals surface area contributed by atoms with Crippen LogP contribution in [0.4, 0.5) is 10.3 Å². The number of hydrogen-bond acceptors (Lipinski definition) is 3. The smallest absolute Gasteiger partial charge is 0.201 e. The van der Waals surface area contributed by atoms with Gasteiger partial charge in [0.05, 0.1) is 18.1 Å². The molecule has 0 amide bonds. The molecule has 1 fully saturated rings. The number of fused-ring (bicyclic) bond motifs is 1. The zero-order valence-electron chi connectivity index (χ0n) is 12.8. The van der Waals surface area contributed by atoms with Crippen LogP contribution in [0.2, 0.25) is 0 Å². The molecule has 1 aliphatic rings. The first-order valence-electron chi connectivity index (χ1n) is 7.45. The van der Waals surface area contributed by atoms with Crippen LogP contribution >= 0.6 is 0 Å². The van der Waals surface area contributed by atoms with Gasteiger partial charge in [0.1, 0.15) is 0 Å². The van der Waals surface area contributed by atoms with Gasteiger partial charge in [-0.2, -0.15) is 0 Å². The monoisotopic (exact) mass is 291 g/mol. The van der Waals surface area contributed by atoms with Crippen LogP contribution in [0, 0.1) is 11.2 Å². The minimum Gasteiger partial charge on any atom is -0.494 e. The molecule has 114 valence electrons. The van der Waals surface area contributed by atoms with Gasteiger partial charge in [-0.15, -0.1) is 0 Å². The number of ether oxygens (including phenoxy) is 1. The number of nitrogens with two attached hydrogens (primary N) is 1. The number of rotatable bonds is 2. The summed E-state index contributed by atoms with van der Waals surface area (Å²) in [6.07, 6.45) is 4.66. The van der Waals surface area contributed by atoms with E-state index in [4.69, 9.17) is 10.5 Å². The third-order valence-corrected chi connectivity index (χ3v) is 4.75. The first-order chi connectivity index (χ1) is 9.94. The molecule has 3 rings (SSSR count). The maximum absolute atomic E-state index is 13.8. The maximum atomic E-state index is 13.8. The highest BCUT2D eigenvalue weighted by Gasteiger charge is 2.35. The fourth-order valence-electron chi connectivity index (χ4n) is 3.55. The molecule has 1 aromatic carbocycles. The Balaban J connectivity index is 2.19. The molecule has 1 saturated carbocycles. The minimum absolute atomic E-state index is 0.154. The summed E-state index contributed by atoms with van der Waals surface area (Å²) in [6.45, 7) is 4.53. The third-order valence-electron chi connectivity index (χ3n) is 4.75. The van der Waals surface area contributed by atoms with Crippen molar-refractivity contribution in [3.8, 4) is 5.75 Å². The van der Waals surface area contributed by atoms with Crippen molar-refractivity contribution < 1.29 is 9.13 Å². The molecule has 0 radical (unpaired) electrons. The van der Waals surface area contributed by atoms with E-state index in [2.05, 4.69) is 23.4 Å². The van der Waals surface area contributed by atoms with Crippen LogP contribution in [0.3, 0.4) is 0 Å². The molecule has 1 aromatic heterocycles. The van der Waals surface area contributed by atoms with Crippen molar-refractivity contribution in [1.82, 2.24) is 9.55 Å². The Morgan fingerprint density at radius 3 is 2.81 bits per heavy atom. The molecule has 1 heterocycles. The molecule has 5 heteroatoms. The van der Waals surface area contributed by atoms with Crippen molar-refractivity contribution >= 4 is 17.0 Å². The molecule has 2 aromatic rings. The molecular formula is C16H22FN3O. The molecule has 0 saturated heterocycles. The van der Waals surface area contributed by atoms with Crippen LogP contribution in [0.5, 0.6) is 5.75 Å². The zero-order chi connectivity index (χ0) is 15.2. The Morgan fingerprint density at radius 1 is 1.38 bits per heavy atom. The lowest BCUT2D eigenvalue weighted by Crippen LogP contribution is -2.31. The Bertz CT molecular complexity index is 678. The first-order valence-corrected chi connectivity index (χ1v) is 7.45. The summed E-state index contributed by atoms with van der Waals surface area (Å²) in [5, 5.41) is 0. The number of benzene rings is 1. The van der Waals surface area contributed by atoms with E-state index in [0.29, 0.717) is 11.5 Å². The summed E-state index contributed by atoms with van der Waals surface area (Å²) in [7, 11) is 1.47. The topological polar surface area (TPSA) is 53.1 Å². The molecule has 1 atom stereocenters. The largest absolute Gasteiger partial charge is 0.494 e. The number of methoxy groups -OCH3 is 1. The van der Waals surface area contributed by atoms with Gasteiger partial charge in [0.2, 0.25) is 5.95 Å². The summed E-state index contributed by atoms with van der Waals surface area (Å²) >= 11 is 0. The van der Waals surface area contributed by atoms with Crippen LogP contribution in [-0.4, -0.2) is 16.7 Å². The van der Waals surface area contributed by atoms with Crippen molar-refractivity contribution in [3.05, 3.63) is 17.9 Å². The predicted molar refractivity (Wildman–Crippen MR) is 81.9 cm³/mol. The fourth-order valence-corrected chi connectivity index (χ4v) is 3.55. The summed E-state index contributed by atoms with van der Waals surface area (Å²) in [5.74, 6) is 0.285. The lowest BCUT2D eigenvalue weighted by atomic mass is 9.73. The average Bonchev–Trinajstić information content (AvgIpc) is 2.72. The highest BCUT2D eigenvalue weighted by Crippen LogP contribution is 2.46. The normalized spacial score (nSPS) is 21.6. The lowest BCUT2D eigenvalue weighted by Gasteiger charge is -2.40. The van der Waals surface area contributed by atoms with Crippen LogP contribution < -0.4 is 10.5 Å². The van der Waals surface area contributed by atoms with Crippen LogP contribution in [-0.2, 0) is 0 Å². The molecule has 0 aliphatic heterocycles. The van der Waals surface area contributed by atoms with Gasteiger partial charge in [-0.3, -0.25) is 0 Å². The molecule has 1 aliphatic carbocycles. The predicted octanol–water partition coefficient (Wildman–Crippen LogP) is 3.91. The Hall–Kier alpha value is -1.78. The van der Waals surface area contributed by atoms with Crippen molar-refractivity contribution in [1.29, 1.82) is 0 Å². The van der Waals surface area contributed by atoms with E-state index in [9.17, 15) is 4.39 Å². The van der Waals surface area contributed by atoms with Gasteiger partial charge >= 0.3 is 0 Å². The molecule has 1 unspecified atom stereocenters. The summed E-state index contributed by atoms with van der Waals surface area (Å²) in [4.78, 5) is 4.34. The number of hydrogen-bond donors (Lipinski definition) is 1. The maximum Gasteiger partial charge on any atom is 0.201 e. The second kappa shape index (κ2) is 4.90. The summed E-state index contributed by atoms with van der Waals surface area (Å²) in [6, 6.07) is 3.39. The Kier molecular flexibility index (Phi) is 3.30. The van der Waals surface area contributed by atoms with Crippen molar-refractivity contribution in [2.75, 3.05) is 12.8 Å². The molecule has 0 bridgehead atoms. The van der Waals surface area contributed by atoms with Gasteiger partial charge in [0.15, 0.2) is 11.6 Å². The minimum atomic E-state index is -0.405. The molecule has 2 N–H and O–H groups in total. The van der Waals surface area contributed by atoms with E-state index >= 15 is 0 Å². The summed E-state index contributed by atoms with van der Waals surface area (Å²) in [5.41, 5.74) is 7.73. The van der Waals surface area contributed by atoms with E-state index < -0.39 is 5.82 Å². The molecule has 21 heavy (non-hydrogen) atoms. The van der Waals surface area contributed by atoms with Gasteiger partial charge < -0.3 is 15.0 Å². The van der Waals surface area contributed by atoms with Crippen LogP contribution in [0.1, 0.15) is 45.6 Å². The van der Waals surface area contributed by atoms with E-state index in [-0.39, 0.29) is 17.2 Å². The van der Waals surface area contributed by atoms with Crippen LogP contribution in [0.15, 0.2) is 12.1 Å². The summed E-state index contributed by atoms with van der Waals surface area (Å²) < 4.78 is 21.0. The zero-order valence-corrected chi connectivity index (χ0v) is 12.8. The van der Waals surface area contributed by atoms with E-state index in [1.54, 1.807) is 6.07 Å². The van der Waals surface area contributed by atoms with E-state index in [0.717, 1.165) is 18.4 Å². The molecule has 4 nitrogen and oxygen atoms in total. The third kappa shape index (κ3) is 2.24. The highest BCUT2D eigenvalue weighted by molar-refractivity contribution is 5.80. The van der Waals surface area contributed by atoms with Crippen LogP contribution in [0.25, 0.3) is 11.0 Å². The van der Waals surface area contributed by atoms with Gasteiger partial charge in [0.25, 0.3) is 0 Å². The number of nitrogens with zero attached hydrogens (tertiary/aromatic N) is 2. The number of nitrogen functional groups attached to an aromatic ring is 1. The Morgan fingerprint density at radius 2 is 2.14 bits per heavy atom. The van der Waals surface area contributed by atoms with Crippen molar-refractivity contribution in [2.24, 2.45) is 5.41 Å². The SMILES string of the molecule is COc1cc2c(cc1F)nc(N)n2C1CCCCC1(C)C. The number of imidazole rings is 1. The standard InChI is InChI=1S/C16H22FN3O/c1-16(2)7-5-4-6-14(16)20-12-9-13(21-3)10(17)8-11(12)19-15(20)18/h8-9,14H,4-7H2,1-3H3,(H2,18,19). The van der Waals surface area contributed by atoms with E-state index in [1.165, 1.54) is 26.0 Å². The number of anilines is 1. The van der Waals surface area contributed by atoms with Gasteiger partial charge in [-0.05, 0) is 18.3 Å². The second-order valence-corrected chi connectivity index (χ2v) is 6.57. The number of aromatic nitrogens is 2. The van der Waals surface area contributed by atoms with Crippen molar-refractivity contribution in [2.45, 2.75) is 45.6 Å². The average molecular weight is 291 g/mol. The highest BCUT2D eigenvalue weighted by atomic mass is 19.1. The quantitative estimate of drug-likeness (QED) is 0.912. The van der Waals surface area contributed by atoms with E-state index in [1.807, 2.05) is 0 Å². The first kappa shape index (κ1) is 14.2. The number of halogens is 1. The fraction of sp³-hybridized carbons (Fsp3) is 0.562. The van der Waals surface area contributed by atoms with Gasteiger partial charge in [0, 0.05) is 18.2 Å². The second-order valence-electron chi connectivity index (χ2n) is 6.57. The van der Waals surface area contributed by atoms with Gasteiger partial charge in [-0.1, -0.05) is 26.7 Å². The molecular weight excluding hydrogens is 269 g/mol. The Labute approximate surface area is 124 Å². The molecule has 0 spiro atoms.